The van der Waals surface area contributed by atoms with Gasteiger partial charge in [-0.3, -0.25) is 0 Å². The molecule has 1 aromatic carbocycles. The number of pyridine rings is 1. The molecule has 0 spiro atoms. The highest BCUT2D eigenvalue weighted by atomic mass is 35.5. The molecule has 6 nitrogen and oxygen atoms in total. The Morgan fingerprint density at radius 1 is 1.07 bits per heavy atom. The van der Waals surface area contributed by atoms with Crippen LogP contribution in [0.4, 0.5) is 30.6 Å². The van der Waals surface area contributed by atoms with Gasteiger partial charge in [0.2, 0.25) is 5.95 Å². The molecule has 0 unspecified atom stereocenters. The number of benzene rings is 1. The van der Waals surface area contributed by atoms with Gasteiger partial charge in [0.15, 0.2) is 0 Å². The number of nitrogens with one attached hydrogen (secondary N) is 1. The fourth-order valence-electron chi connectivity index (χ4n) is 2.98. The lowest BCUT2D eigenvalue weighted by atomic mass is 10.1. The van der Waals surface area contributed by atoms with E-state index in [0.717, 1.165) is 23.2 Å². The predicted molar refractivity (Wildman–Crippen MR) is 105 cm³/mol. The van der Waals surface area contributed by atoms with E-state index >= 15 is 0 Å². The van der Waals surface area contributed by atoms with Crippen molar-refractivity contribution in [2.45, 2.75) is 13.1 Å². The molecule has 29 heavy (non-hydrogen) atoms. The third kappa shape index (κ3) is 3.81. The zero-order chi connectivity index (χ0) is 20.8. The first kappa shape index (κ1) is 19.0. The minimum absolute atomic E-state index is 0.153. The highest BCUT2D eigenvalue weighted by Crippen LogP contribution is 2.32. The van der Waals surface area contributed by atoms with E-state index in [-0.39, 0.29) is 11.8 Å². The Morgan fingerprint density at radius 2 is 1.79 bits per heavy atom. The smallest absolute Gasteiger partial charge is 0.384 e. The quantitative estimate of drug-likeness (QED) is 0.484. The third-order valence-corrected chi connectivity index (χ3v) is 4.48. The van der Waals surface area contributed by atoms with Crippen molar-refractivity contribution < 1.29 is 13.2 Å². The zero-order valence-electron chi connectivity index (χ0n) is 15.0. The van der Waals surface area contributed by atoms with E-state index in [2.05, 4.69) is 20.4 Å². The Bertz CT molecular complexity index is 1200. The van der Waals surface area contributed by atoms with Gasteiger partial charge in [-0.2, -0.15) is 23.3 Å². The zero-order valence-corrected chi connectivity index (χ0v) is 15.8. The summed E-state index contributed by atoms with van der Waals surface area (Å²) in [5.41, 5.74) is 8.30. The minimum Gasteiger partial charge on any atom is -0.384 e. The molecule has 0 fully saturated rings. The average molecular weight is 419 g/mol. The van der Waals surface area contributed by atoms with Crippen LogP contribution in [0.2, 0.25) is 5.02 Å². The highest BCUT2D eigenvalue weighted by molar-refractivity contribution is 6.31. The number of aryl methyl sites for hydroxylation is 1. The number of nitrogens with zero attached hydrogens (tertiary/aromatic N) is 4. The van der Waals surface area contributed by atoms with E-state index in [1.807, 2.05) is 6.92 Å². The number of aromatic nitrogens is 4. The normalized spacial score (nSPS) is 11.8. The Labute approximate surface area is 168 Å². The third-order valence-electron chi connectivity index (χ3n) is 4.24. The molecule has 0 amide bonds. The summed E-state index contributed by atoms with van der Waals surface area (Å²) in [6.07, 6.45) is -2.66. The Hall–Kier alpha value is -3.33. The Balaban J connectivity index is 1.72. The van der Waals surface area contributed by atoms with Gasteiger partial charge in [-0.25, -0.2) is 9.50 Å². The number of anilines is 3. The number of rotatable bonds is 3. The van der Waals surface area contributed by atoms with E-state index in [9.17, 15) is 13.2 Å². The number of hydrogen-bond acceptors (Lipinski definition) is 5. The summed E-state index contributed by atoms with van der Waals surface area (Å²) >= 11 is 6.11. The first-order valence-corrected chi connectivity index (χ1v) is 8.82. The van der Waals surface area contributed by atoms with Crippen molar-refractivity contribution in [3.8, 4) is 11.3 Å². The van der Waals surface area contributed by atoms with Gasteiger partial charge in [-0.1, -0.05) is 11.6 Å². The van der Waals surface area contributed by atoms with Crippen molar-refractivity contribution in [3.63, 3.8) is 0 Å². The van der Waals surface area contributed by atoms with E-state index in [4.69, 9.17) is 17.3 Å². The highest BCUT2D eigenvalue weighted by Gasteiger charge is 2.30. The first-order valence-electron chi connectivity index (χ1n) is 8.44. The standard InChI is InChI=1S/C19H14ClF3N6/c1-10-17(15-8-12(20)6-7-29(15)28-10)14-9-16(24)27-18(26-14)25-13-4-2-11(3-5-13)19(21,22)23/h2-9H,1H3,(H3,24,25,26,27). The molecule has 10 heteroatoms. The number of nitrogen functional groups attached to an aromatic ring is 1. The molecule has 4 aromatic rings. The van der Waals surface area contributed by atoms with Crippen LogP contribution >= 0.6 is 11.6 Å². The second-order valence-electron chi connectivity index (χ2n) is 6.34. The summed E-state index contributed by atoms with van der Waals surface area (Å²) in [4.78, 5) is 8.58. The van der Waals surface area contributed by atoms with Crippen LogP contribution < -0.4 is 11.1 Å². The van der Waals surface area contributed by atoms with Crippen LogP contribution in [-0.2, 0) is 6.18 Å². The number of alkyl halides is 3. The van der Waals surface area contributed by atoms with Crippen LogP contribution in [-0.4, -0.2) is 19.6 Å². The summed E-state index contributed by atoms with van der Waals surface area (Å²) in [7, 11) is 0. The Morgan fingerprint density at radius 3 is 2.48 bits per heavy atom. The number of nitrogens with two attached hydrogens (primary N) is 1. The lowest BCUT2D eigenvalue weighted by Gasteiger charge is -2.10. The van der Waals surface area contributed by atoms with Crippen molar-refractivity contribution >= 4 is 34.6 Å². The second-order valence-corrected chi connectivity index (χ2v) is 6.77. The van der Waals surface area contributed by atoms with Crippen LogP contribution in [0, 0.1) is 6.92 Å². The fraction of sp³-hybridized carbons (Fsp3) is 0.105. The molecule has 148 valence electrons. The molecule has 0 aliphatic carbocycles. The molecule has 4 rings (SSSR count). The number of halogens is 4. The van der Waals surface area contributed by atoms with Gasteiger partial charge in [0.05, 0.1) is 22.5 Å². The van der Waals surface area contributed by atoms with Gasteiger partial charge in [0.1, 0.15) is 5.82 Å². The maximum Gasteiger partial charge on any atom is 0.416 e. The SMILES string of the molecule is Cc1nn2ccc(Cl)cc2c1-c1cc(N)nc(Nc2ccc(C(F)(F)F)cc2)n1. The van der Waals surface area contributed by atoms with Gasteiger partial charge in [0, 0.05) is 28.5 Å². The maximum absolute atomic E-state index is 12.7. The van der Waals surface area contributed by atoms with Crippen molar-refractivity contribution in [3.05, 3.63) is 64.9 Å². The molecule has 3 aromatic heterocycles. The molecule has 0 aliphatic heterocycles. The van der Waals surface area contributed by atoms with Gasteiger partial charge in [-0.05, 0) is 43.3 Å². The van der Waals surface area contributed by atoms with Gasteiger partial charge >= 0.3 is 6.18 Å². The van der Waals surface area contributed by atoms with Crippen LogP contribution in [0.1, 0.15) is 11.3 Å². The largest absolute Gasteiger partial charge is 0.416 e. The van der Waals surface area contributed by atoms with Crippen LogP contribution in [0.15, 0.2) is 48.7 Å². The summed E-state index contributed by atoms with van der Waals surface area (Å²) < 4.78 is 39.9. The lowest BCUT2D eigenvalue weighted by Crippen LogP contribution is -2.05. The monoisotopic (exact) mass is 418 g/mol. The van der Waals surface area contributed by atoms with Crippen molar-refractivity contribution in [2.24, 2.45) is 0 Å². The molecule has 0 saturated heterocycles. The minimum atomic E-state index is -4.40. The predicted octanol–water partition coefficient (Wildman–Crippen LogP) is 5.10. The molecule has 3 N–H and O–H groups in total. The summed E-state index contributed by atoms with van der Waals surface area (Å²) in [5, 5.41) is 7.86. The molecule has 0 saturated carbocycles. The van der Waals surface area contributed by atoms with Crippen molar-refractivity contribution in [1.82, 2.24) is 19.6 Å². The maximum atomic E-state index is 12.7. The number of fused-ring (bicyclic) bond motifs is 1. The number of hydrogen-bond donors (Lipinski definition) is 2. The van der Waals surface area contributed by atoms with Gasteiger partial charge < -0.3 is 11.1 Å². The van der Waals surface area contributed by atoms with Crippen molar-refractivity contribution in [2.75, 3.05) is 11.1 Å². The summed E-state index contributed by atoms with van der Waals surface area (Å²) in [6.45, 7) is 1.83. The average Bonchev–Trinajstić information content (AvgIpc) is 2.96. The fourth-order valence-corrected chi connectivity index (χ4v) is 3.14. The summed E-state index contributed by atoms with van der Waals surface area (Å²) in [6, 6.07) is 9.64. The summed E-state index contributed by atoms with van der Waals surface area (Å²) in [5.74, 6) is 0.353. The van der Waals surface area contributed by atoms with Crippen LogP contribution in [0.25, 0.3) is 16.8 Å². The van der Waals surface area contributed by atoms with E-state index < -0.39 is 11.7 Å². The molecular weight excluding hydrogens is 405 g/mol. The topological polar surface area (TPSA) is 81.1 Å². The van der Waals surface area contributed by atoms with Gasteiger partial charge in [0.25, 0.3) is 0 Å². The van der Waals surface area contributed by atoms with E-state index in [1.165, 1.54) is 12.1 Å². The molecule has 0 bridgehead atoms. The molecule has 0 aliphatic rings. The Kier molecular flexibility index (Phi) is 4.54. The molecule has 0 atom stereocenters. The van der Waals surface area contributed by atoms with Gasteiger partial charge in [-0.15, -0.1) is 0 Å². The van der Waals surface area contributed by atoms with E-state index in [1.54, 1.807) is 28.9 Å². The van der Waals surface area contributed by atoms with Crippen LogP contribution in [0.3, 0.4) is 0 Å². The molecule has 3 heterocycles. The molecule has 0 radical (unpaired) electrons. The lowest BCUT2D eigenvalue weighted by molar-refractivity contribution is -0.137. The first-order chi connectivity index (χ1) is 13.7. The van der Waals surface area contributed by atoms with E-state index in [0.29, 0.717) is 22.1 Å². The van der Waals surface area contributed by atoms with Crippen LogP contribution in [0.5, 0.6) is 0 Å². The molecular formula is C19H14ClF3N6. The second kappa shape index (κ2) is 6.93. The van der Waals surface area contributed by atoms with Crippen molar-refractivity contribution in [1.29, 1.82) is 0 Å².